The second-order valence-corrected chi connectivity index (χ2v) is 5.14. The number of aliphatic hydroxyl groups is 1. The van der Waals surface area contributed by atoms with E-state index >= 15 is 0 Å². The number of hydrogen-bond donors (Lipinski definition) is 1. The molecule has 1 nitrogen and oxygen atoms in total. The lowest BCUT2D eigenvalue weighted by Crippen LogP contribution is -2.06. The van der Waals surface area contributed by atoms with Crippen molar-refractivity contribution in [1.82, 2.24) is 0 Å². The minimum absolute atomic E-state index is 0.260. The molecule has 0 radical (unpaired) electrons. The van der Waals surface area contributed by atoms with E-state index in [4.69, 9.17) is 0 Å². The van der Waals surface area contributed by atoms with Gasteiger partial charge < -0.3 is 5.11 Å². The Hall–Kier alpha value is -1.40. The molecule has 0 saturated carbocycles. The third-order valence-corrected chi connectivity index (χ3v) is 3.21. The lowest BCUT2D eigenvalue weighted by atomic mass is 10.0. The van der Waals surface area contributed by atoms with Gasteiger partial charge in [-0.15, -0.1) is 0 Å². The van der Waals surface area contributed by atoms with Gasteiger partial charge in [0, 0.05) is 4.47 Å². The Morgan fingerprint density at radius 3 is 2.05 bits per heavy atom. The molecule has 1 atom stereocenters. The van der Waals surface area contributed by atoms with Gasteiger partial charge in [0.05, 0.1) is 5.56 Å². The number of rotatable bonds is 2. The molecule has 6 heteroatoms. The van der Waals surface area contributed by atoms with Crippen molar-refractivity contribution in [3.05, 3.63) is 69.4 Å². The summed E-state index contributed by atoms with van der Waals surface area (Å²) in [5, 5.41) is 10.1. The standard InChI is InChI=1S/C14H9BrF4O/c15-11-5-9(6-12(16)7-11)13(20)8-1-3-10(4-2-8)14(17,18)19/h1-7,13,20H. The Morgan fingerprint density at radius 2 is 1.55 bits per heavy atom. The average molecular weight is 349 g/mol. The monoisotopic (exact) mass is 348 g/mol. The van der Waals surface area contributed by atoms with Gasteiger partial charge in [-0.1, -0.05) is 28.1 Å². The van der Waals surface area contributed by atoms with E-state index in [-0.39, 0.29) is 11.1 Å². The van der Waals surface area contributed by atoms with Crippen LogP contribution in [0.25, 0.3) is 0 Å². The van der Waals surface area contributed by atoms with Crippen molar-refractivity contribution >= 4 is 15.9 Å². The quantitative estimate of drug-likeness (QED) is 0.780. The maximum Gasteiger partial charge on any atom is 0.416 e. The highest BCUT2D eigenvalue weighted by molar-refractivity contribution is 9.10. The first-order valence-corrected chi connectivity index (χ1v) is 6.38. The van der Waals surface area contributed by atoms with Crippen LogP contribution < -0.4 is 0 Å². The van der Waals surface area contributed by atoms with E-state index in [0.29, 0.717) is 4.47 Å². The smallest absolute Gasteiger partial charge is 0.384 e. The zero-order valence-electron chi connectivity index (χ0n) is 9.96. The van der Waals surface area contributed by atoms with Gasteiger partial charge in [-0.25, -0.2) is 4.39 Å². The molecule has 0 aliphatic heterocycles. The first-order valence-electron chi connectivity index (χ1n) is 5.58. The molecule has 1 N–H and O–H groups in total. The zero-order chi connectivity index (χ0) is 14.9. The second kappa shape index (κ2) is 5.54. The Balaban J connectivity index is 2.31. The summed E-state index contributed by atoms with van der Waals surface area (Å²) < 4.78 is 51.0. The molecule has 0 aliphatic carbocycles. The van der Waals surface area contributed by atoms with Crippen LogP contribution in [0.2, 0.25) is 0 Å². The van der Waals surface area contributed by atoms with Gasteiger partial charge in [0.25, 0.3) is 0 Å². The van der Waals surface area contributed by atoms with E-state index in [1.165, 1.54) is 24.3 Å². The van der Waals surface area contributed by atoms with Crippen LogP contribution in [0.1, 0.15) is 22.8 Å². The fourth-order valence-electron chi connectivity index (χ4n) is 1.78. The molecule has 0 spiro atoms. The fraction of sp³-hybridized carbons (Fsp3) is 0.143. The third-order valence-electron chi connectivity index (χ3n) is 2.75. The van der Waals surface area contributed by atoms with Crippen LogP contribution in [0.4, 0.5) is 17.6 Å². The Kier molecular flexibility index (Phi) is 4.15. The molecule has 0 heterocycles. The normalized spacial score (nSPS) is 13.3. The van der Waals surface area contributed by atoms with Crippen LogP contribution >= 0.6 is 15.9 Å². The fourth-order valence-corrected chi connectivity index (χ4v) is 2.26. The van der Waals surface area contributed by atoms with Crippen molar-refractivity contribution in [3.63, 3.8) is 0 Å². The van der Waals surface area contributed by atoms with Crippen LogP contribution in [0.3, 0.4) is 0 Å². The van der Waals surface area contributed by atoms with Gasteiger partial charge >= 0.3 is 6.18 Å². The number of halogens is 5. The van der Waals surface area contributed by atoms with Gasteiger partial charge in [-0.2, -0.15) is 13.2 Å². The molecule has 106 valence electrons. The largest absolute Gasteiger partial charge is 0.416 e. The SMILES string of the molecule is OC(c1ccc(C(F)(F)F)cc1)c1cc(F)cc(Br)c1. The van der Waals surface area contributed by atoms with E-state index < -0.39 is 23.7 Å². The van der Waals surface area contributed by atoms with E-state index in [1.54, 1.807) is 0 Å². The lowest BCUT2D eigenvalue weighted by molar-refractivity contribution is -0.137. The van der Waals surface area contributed by atoms with Gasteiger partial charge in [0.15, 0.2) is 0 Å². The van der Waals surface area contributed by atoms with Gasteiger partial charge in [0.2, 0.25) is 0 Å². The van der Waals surface area contributed by atoms with Crippen LogP contribution in [0.5, 0.6) is 0 Å². The summed E-state index contributed by atoms with van der Waals surface area (Å²) >= 11 is 3.09. The van der Waals surface area contributed by atoms with Crippen molar-refractivity contribution in [2.24, 2.45) is 0 Å². The maximum atomic E-state index is 13.2. The molecule has 0 aliphatic rings. The zero-order valence-corrected chi connectivity index (χ0v) is 11.5. The number of hydrogen-bond acceptors (Lipinski definition) is 1. The van der Waals surface area contributed by atoms with Gasteiger partial charge in [0.1, 0.15) is 11.9 Å². The van der Waals surface area contributed by atoms with E-state index in [2.05, 4.69) is 15.9 Å². The highest BCUT2D eigenvalue weighted by atomic mass is 79.9. The molecule has 1 unspecified atom stereocenters. The summed E-state index contributed by atoms with van der Waals surface area (Å²) in [6.07, 6.45) is -5.62. The predicted molar refractivity (Wildman–Crippen MR) is 69.6 cm³/mol. The number of alkyl halides is 3. The molecule has 0 fully saturated rings. The Bertz CT molecular complexity index is 587. The lowest BCUT2D eigenvalue weighted by Gasteiger charge is -2.13. The molecule has 0 saturated heterocycles. The van der Waals surface area contributed by atoms with Crippen molar-refractivity contribution in [2.45, 2.75) is 12.3 Å². The Morgan fingerprint density at radius 1 is 0.950 bits per heavy atom. The molecule has 2 rings (SSSR count). The molecule has 2 aromatic rings. The first kappa shape index (κ1) is 15.0. The van der Waals surface area contributed by atoms with Crippen molar-refractivity contribution in [2.75, 3.05) is 0 Å². The van der Waals surface area contributed by atoms with Crippen LogP contribution in [0.15, 0.2) is 46.9 Å². The third kappa shape index (κ3) is 3.37. The molecule has 2 aromatic carbocycles. The van der Waals surface area contributed by atoms with Gasteiger partial charge in [-0.3, -0.25) is 0 Å². The first-order chi connectivity index (χ1) is 9.27. The molecule has 0 aromatic heterocycles. The molecular formula is C14H9BrF4O. The summed E-state index contributed by atoms with van der Waals surface area (Å²) in [6.45, 7) is 0. The highest BCUT2D eigenvalue weighted by Crippen LogP contribution is 2.31. The second-order valence-electron chi connectivity index (χ2n) is 4.23. The van der Waals surface area contributed by atoms with Crippen LogP contribution in [-0.4, -0.2) is 5.11 Å². The topological polar surface area (TPSA) is 20.2 Å². The average Bonchev–Trinajstić information content (AvgIpc) is 2.36. The minimum Gasteiger partial charge on any atom is -0.384 e. The number of benzene rings is 2. The highest BCUT2D eigenvalue weighted by Gasteiger charge is 2.30. The van der Waals surface area contributed by atoms with E-state index in [0.717, 1.165) is 18.2 Å². The van der Waals surface area contributed by atoms with Crippen molar-refractivity contribution < 1.29 is 22.7 Å². The number of aliphatic hydroxyl groups excluding tert-OH is 1. The summed E-state index contributed by atoms with van der Waals surface area (Å²) in [4.78, 5) is 0. The molecule has 20 heavy (non-hydrogen) atoms. The predicted octanol–water partition coefficient (Wildman–Crippen LogP) is 4.69. The summed E-state index contributed by atoms with van der Waals surface area (Å²) in [7, 11) is 0. The molecule has 0 bridgehead atoms. The van der Waals surface area contributed by atoms with Crippen LogP contribution in [-0.2, 0) is 6.18 Å². The summed E-state index contributed by atoms with van der Waals surface area (Å²) in [5.41, 5.74) is -0.277. The minimum atomic E-state index is -4.43. The van der Waals surface area contributed by atoms with Crippen molar-refractivity contribution in [1.29, 1.82) is 0 Å². The molecule has 0 amide bonds. The summed E-state index contributed by atoms with van der Waals surface area (Å²) in [5.74, 6) is -0.541. The Labute approximate surface area is 121 Å². The van der Waals surface area contributed by atoms with E-state index in [1.807, 2.05) is 0 Å². The maximum absolute atomic E-state index is 13.2. The van der Waals surface area contributed by atoms with Gasteiger partial charge in [-0.05, 0) is 41.5 Å². The molecular weight excluding hydrogens is 340 g/mol. The van der Waals surface area contributed by atoms with Crippen molar-refractivity contribution in [3.8, 4) is 0 Å². The summed E-state index contributed by atoms with van der Waals surface area (Å²) in [6, 6.07) is 7.97. The van der Waals surface area contributed by atoms with E-state index in [9.17, 15) is 22.7 Å². The van der Waals surface area contributed by atoms with Crippen LogP contribution in [0, 0.1) is 5.82 Å².